The van der Waals surface area contributed by atoms with Crippen molar-refractivity contribution in [3.63, 3.8) is 0 Å². The molecule has 0 bridgehead atoms. The Balaban J connectivity index is 3.17. The molecule has 4 heteroatoms. The molecule has 1 aromatic rings. The van der Waals surface area contributed by atoms with Crippen molar-refractivity contribution in [1.29, 1.82) is 0 Å². The van der Waals surface area contributed by atoms with E-state index in [1.54, 1.807) is 0 Å². The zero-order valence-electron chi connectivity index (χ0n) is 8.09. The average Bonchev–Trinajstić information content (AvgIpc) is 2.13. The summed E-state index contributed by atoms with van der Waals surface area (Å²) in [4.78, 5) is 0. The minimum Gasteiger partial charge on any atom is -0.506 e. The van der Waals surface area contributed by atoms with Crippen LogP contribution in [0.2, 0.25) is 5.02 Å². The van der Waals surface area contributed by atoms with Crippen molar-refractivity contribution in [2.75, 3.05) is 0 Å². The van der Waals surface area contributed by atoms with E-state index in [0.717, 1.165) is 0 Å². The van der Waals surface area contributed by atoms with Gasteiger partial charge in [-0.15, -0.1) is 0 Å². The van der Waals surface area contributed by atoms with E-state index < -0.39 is 5.82 Å². The quantitative estimate of drug-likeness (QED) is 0.800. The third kappa shape index (κ3) is 1.99. The van der Waals surface area contributed by atoms with Crippen LogP contribution in [0.1, 0.15) is 25.5 Å². The molecule has 78 valence electrons. The van der Waals surface area contributed by atoms with Gasteiger partial charge < -0.3 is 10.8 Å². The normalized spacial score (nSPS) is 13.3. The lowest BCUT2D eigenvalue weighted by Crippen LogP contribution is -2.16. The van der Waals surface area contributed by atoms with Gasteiger partial charge in [-0.2, -0.15) is 0 Å². The number of hydrogen-bond donors (Lipinski definition) is 2. The third-order valence-corrected chi connectivity index (χ3v) is 2.54. The van der Waals surface area contributed by atoms with Crippen molar-refractivity contribution in [2.45, 2.75) is 19.9 Å². The van der Waals surface area contributed by atoms with Gasteiger partial charge in [-0.3, -0.25) is 0 Å². The molecule has 1 unspecified atom stereocenters. The van der Waals surface area contributed by atoms with Crippen molar-refractivity contribution in [2.24, 2.45) is 11.7 Å². The van der Waals surface area contributed by atoms with Gasteiger partial charge in [-0.05, 0) is 12.0 Å². The van der Waals surface area contributed by atoms with Crippen LogP contribution in [-0.2, 0) is 0 Å². The molecule has 0 spiro atoms. The lowest BCUT2D eigenvalue weighted by atomic mass is 9.96. The van der Waals surface area contributed by atoms with Gasteiger partial charge in [0.05, 0.1) is 0 Å². The van der Waals surface area contributed by atoms with E-state index in [9.17, 15) is 9.50 Å². The van der Waals surface area contributed by atoms with Gasteiger partial charge in [0.25, 0.3) is 0 Å². The van der Waals surface area contributed by atoms with Crippen molar-refractivity contribution < 1.29 is 9.50 Å². The second kappa shape index (κ2) is 4.15. The second-order valence-corrected chi connectivity index (χ2v) is 3.95. The maximum atomic E-state index is 12.9. The summed E-state index contributed by atoms with van der Waals surface area (Å²) in [5, 5.41) is 9.28. The van der Waals surface area contributed by atoms with E-state index in [4.69, 9.17) is 17.3 Å². The van der Waals surface area contributed by atoms with Crippen molar-refractivity contribution >= 4 is 11.6 Å². The minimum atomic E-state index is -0.635. The smallest absolute Gasteiger partial charge is 0.145 e. The highest BCUT2D eigenvalue weighted by Crippen LogP contribution is 2.34. The van der Waals surface area contributed by atoms with Crippen LogP contribution in [0.25, 0.3) is 0 Å². The molecular formula is C10H13ClFNO. The summed E-state index contributed by atoms with van der Waals surface area (Å²) >= 11 is 5.55. The van der Waals surface area contributed by atoms with E-state index in [-0.39, 0.29) is 22.7 Å². The first-order valence-corrected chi connectivity index (χ1v) is 4.75. The van der Waals surface area contributed by atoms with Crippen LogP contribution in [0.4, 0.5) is 4.39 Å². The zero-order valence-corrected chi connectivity index (χ0v) is 8.85. The Morgan fingerprint density at radius 3 is 2.50 bits per heavy atom. The third-order valence-electron chi connectivity index (χ3n) is 2.18. The lowest BCUT2D eigenvalue weighted by Gasteiger charge is -2.17. The molecule has 0 aromatic heterocycles. The molecule has 0 aliphatic heterocycles. The first kappa shape index (κ1) is 11.3. The van der Waals surface area contributed by atoms with E-state index >= 15 is 0 Å². The second-order valence-electron chi connectivity index (χ2n) is 3.57. The molecule has 0 heterocycles. The van der Waals surface area contributed by atoms with E-state index in [2.05, 4.69) is 0 Å². The van der Waals surface area contributed by atoms with Gasteiger partial charge in [0, 0.05) is 11.6 Å². The SMILES string of the molecule is CC(C)C(N)c1ccc(F)c(Cl)c1O. The number of phenolic OH excluding ortho intramolecular Hbond substituents is 1. The summed E-state index contributed by atoms with van der Waals surface area (Å²) in [5.41, 5.74) is 6.29. The van der Waals surface area contributed by atoms with Crippen LogP contribution in [0.15, 0.2) is 12.1 Å². The van der Waals surface area contributed by atoms with Gasteiger partial charge in [-0.25, -0.2) is 4.39 Å². The monoisotopic (exact) mass is 217 g/mol. The molecule has 3 N–H and O–H groups in total. The van der Waals surface area contributed by atoms with Crippen LogP contribution in [0, 0.1) is 11.7 Å². The summed E-state index contributed by atoms with van der Waals surface area (Å²) in [6.07, 6.45) is 0. The number of phenols is 1. The van der Waals surface area contributed by atoms with E-state index in [0.29, 0.717) is 5.56 Å². The van der Waals surface area contributed by atoms with Crippen molar-refractivity contribution in [3.8, 4) is 5.75 Å². The number of benzene rings is 1. The summed E-state index contributed by atoms with van der Waals surface area (Å²) in [7, 11) is 0. The lowest BCUT2D eigenvalue weighted by molar-refractivity contribution is 0.435. The largest absolute Gasteiger partial charge is 0.506 e. The van der Waals surface area contributed by atoms with Crippen LogP contribution < -0.4 is 5.73 Å². The molecule has 1 rings (SSSR count). The number of halogens is 2. The molecule has 0 saturated heterocycles. The van der Waals surface area contributed by atoms with Gasteiger partial charge in [0.15, 0.2) is 0 Å². The molecule has 0 radical (unpaired) electrons. The number of hydrogen-bond acceptors (Lipinski definition) is 2. The van der Waals surface area contributed by atoms with Gasteiger partial charge in [-0.1, -0.05) is 31.5 Å². The van der Waals surface area contributed by atoms with Gasteiger partial charge in [0.1, 0.15) is 16.6 Å². The Hall–Kier alpha value is -0.800. The topological polar surface area (TPSA) is 46.2 Å². The number of nitrogens with two attached hydrogens (primary N) is 1. The first-order chi connectivity index (χ1) is 6.45. The highest BCUT2D eigenvalue weighted by Gasteiger charge is 2.18. The summed E-state index contributed by atoms with van der Waals surface area (Å²) in [5.74, 6) is -0.737. The molecular weight excluding hydrogens is 205 g/mol. The molecule has 14 heavy (non-hydrogen) atoms. The molecule has 1 atom stereocenters. The average molecular weight is 218 g/mol. The number of rotatable bonds is 2. The first-order valence-electron chi connectivity index (χ1n) is 4.37. The fourth-order valence-electron chi connectivity index (χ4n) is 1.18. The Morgan fingerprint density at radius 2 is 2.00 bits per heavy atom. The summed E-state index contributed by atoms with van der Waals surface area (Å²) < 4.78 is 12.9. The predicted octanol–water partition coefficient (Wildman–Crippen LogP) is 2.84. The molecule has 1 aromatic carbocycles. The molecule has 0 aliphatic rings. The van der Waals surface area contributed by atoms with E-state index in [1.807, 2.05) is 13.8 Å². The minimum absolute atomic E-state index is 0.155. The Labute approximate surface area is 87.5 Å². The Morgan fingerprint density at radius 1 is 1.43 bits per heavy atom. The summed E-state index contributed by atoms with van der Waals surface area (Å²) in [6.45, 7) is 3.84. The molecule has 0 aliphatic carbocycles. The standard InChI is InChI=1S/C10H13ClFNO/c1-5(2)9(13)6-3-4-7(12)8(11)10(6)14/h3-5,9,14H,13H2,1-2H3. The molecule has 0 saturated carbocycles. The zero-order chi connectivity index (χ0) is 10.9. The van der Waals surface area contributed by atoms with Gasteiger partial charge >= 0.3 is 0 Å². The van der Waals surface area contributed by atoms with Gasteiger partial charge in [0.2, 0.25) is 0 Å². The molecule has 0 amide bonds. The van der Waals surface area contributed by atoms with E-state index in [1.165, 1.54) is 12.1 Å². The van der Waals surface area contributed by atoms with Crippen LogP contribution >= 0.6 is 11.6 Å². The van der Waals surface area contributed by atoms with Crippen LogP contribution in [0.3, 0.4) is 0 Å². The van der Waals surface area contributed by atoms with Crippen molar-refractivity contribution in [1.82, 2.24) is 0 Å². The van der Waals surface area contributed by atoms with Crippen molar-refractivity contribution in [3.05, 3.63) is 28.5 Å². The highest BCUT2D eigenvalue weighted by molar-refractivity contribution is 6.32. The van der Waals surface area contributed by atoms with Crippen LogP contribution in [0.5, 0.6) is 5.75 Å². The molecule has 0 fully saturated rings. The fraction of sp³-hybridized carbons (Fsp3) is 0.400. The fourth-order valence-corrected chi connectivity index (χ4v) is 1.36. The Kier molecular flexibility index (Phi) is 3.34. The highest BCUT2D eigenvalue weighted by atomic mass is 35.5. The van der Waals surface area contributed by atoms with Crippen LogP contribution in [-0.4, -0.2) is 5.11 Å². The summed E-state index contributed by atoms with van der Waals surface area (Å²) in [6, 6.07) is 2.33. The molecule has 2 nitrogen and oxygen atoms in total. The maximum Gasteiger partial charge on any atom is 0.145 e. The Bertz CT molecular complexity index is 341. The predicted molar refractivity (Wildman–Crippen MR) is 54.8 cm³/mol. The maximum absolute atomic E-state index is 12.9. The number of aromatic hydroxyl groups is 1.